The summed E-state index contributed by atoms with van der Waals surface area (Å²) in [6.07, 6.45) is 1.35. The van der Waals surface area contributed by atoms with Crippen LogP contribution in [0.5, 0.6) is 0 Å². The number of halogens is 1. The van der Waals surface area contributed by atoms with Crippen LogP contribution in [0, 0.1) is 23.6 Å². The second kappa shape index (κ2) is 8.26. The van der Waals surface area contributed by atoms with Crippen LogP contribution in [0.4, 0.5) is 4.39 Å². The summed E-state index contributed by atoms with van der Waals surface area (Å²) in [5, 5.41) is 0. The number of esters is 1. The second-order valence-corrected chi connectivity index (χ2v) is 5.15. The topological polar surface area (TPSA) is 26.3 Å². The summed E-state index contributed by atoms with van der Waals surface area (Å²) >= 11 is 0. The van der Waals surface area contributed by atoms with E-state index in [9.17, 15) is 9.18 Å². The largest absolute Gasteiger partial charge is 0.445 e. The Bertz CT molecular complexity index is 566. The van der Waals surface area contributed by atoms with Gasteiger partial charge in [0.05, 0.1) is 5.56 Å². The first-order valence-corrected chi connectivity index (χ1v) is 7.07. The van der Waals surface area contributed by atoms with Crippen molar-refractivity contribution in [3.8, 4) is 11.8 Å². The molecule has 1 aromatic rings. The van der Waals surface area contributed by atoms with E-state index in [1.54, 1.807) is 6.92 Å². The molecule has 0 fully saturated rings. The highest BCUT2D eigenvalue weighted by molar-refractivity contribution is 5.89. The number of carbonyl (C=O) groups is 1. The monoisotopic (exact) mass is 288 g/mol. The lowest BCUT2D eigenvalue weighted by Crippen LogP contribution is -2.24. The molecule has 0 saturated heterocycles. The van der Waals surface area contributed by atoms with Crippen molar-refractivity contribution in [1.29, 1.82) is 0 Å². The second-order valence-electron chi connectivity index (χ2n) is 5.15. The molecule has 1 rings (SSSR count). The Morgan fingerprint density at radius 1 is 1.48 bits per heavy atom. The molecule has 0 aliphatic heterocycles. The maximum Gasteiger partial charge on any atom is 0.339 e. The molecule has 0 aromatic heterocycles. The first kappa shape index (κ1) is 17.0. The van der Waals surface area contributed by atoms with E-state index in [1.165, 1.54) is 18.2 Å². The van der Waals surface area contributed by atoms with Crippen LogP contribution in [0.3, 0.4) is 0 Å². The van der Waals surface area contributed by atoms with Crippen molar-refractivity contribution in [2.75, 3.05) is 0 Å². The summed E-state index contributed by atoms with van der Waals surface area (Å²) in [6, 6.07) is 5.46. The minimum atomic E-state index is -0.557. The summed E-state index contributed by atoms with van der Waals surface area (Å²) in [6.45, 7) is 9.56. The molecule has 2 unspecified atom stereocenters. The zero-order valence-electron chi connectivity index (χ0n) is 12.8. The highest BCUT2D eigenvalue weighted by Gasteiger charge is 2.20. The maximum absolute atomic E-state index is 13.2. The average Bonchev–Trinajstić information content (AvgIpc) is 2.43. The van der Waals surface area contributed by atoms with E-state index in [0.29, 0.717) is 5.57 Å². The molecule has 0 radical (unpaired) electrons. The average molecular weight is 288 g/mol. The molecule has 0 saturated carbocycles. The van der Waals surface area contributed by atoms with E-state index in [0.717, 1.165) is 18.9 Å². The van der Waals surface area contributed by atoms with Gasteiger partial charge in [-0.25, -0.2) is 9.18 Å². The Hall–Kier alpha value is -2.08. The van der Waals surface area contributed by atoms with Crippen molar-refractivity contribution in [2.45, 2.75) is 39.7 Å². The van der Waals surface area contributed by atoms with Gasteiger partial charge < -0.3 is 4.74 Å². The first-order chi connectivity index (χ1) is 9.93. The minimum absolute atomic E-state index is 0.111. The van der Waals surface area contributed by atoms with Crippen molar-refractivity contribution >= 4 is 5.97 Å². The van der Waals surface area contributed by atoms with E-state index >= 15 is 0 Å². The van der Waals surface area contributed by atoms with Crippen LogP contribution in [0.15, 0.2) is 36.4 Å². The zero-order chi connectivity index (χ0) is 15.8. The Morgan fingerprint density at radius 3 is 2.76 bits per heavy atom. The molecule has 2 atom stereocenters. The van der Waals surface area contributed by atoms with Crippen LogP contribution in [0.1, 0.15) is 44.0 Å². The summed E-state index contributed by atoms with van der Waals surface area (Å²) < 4.78 is 18.6. The lowest BCUT2D eigenvalue weighted by molar-refractivity contribution is 0.0304. The van der Waals surface area contributed by atoms with Gasteiger partial charge in [-0.1, -0.05) is 44.8 Å². The fourth-order valence-corrected chi connectivity index (χ4v) is 1.89. The third kappa shape index (κ3) is 5.83. The molecule has 1 aromatic carbocycles. The molecule has 0 amide bonds. The van der Waals surface area contributed by atoms with E-state index < -0.39 is 17.9 Å². The van der Waals surface area contributed by atoms with Gasteiger partial charge in [-0.3, -0.25) is 0 Å². The third-order valence-electron chi connectivity index (χ3n) is 2.98. The molecule has 0 aliphatic carbocycles. The Morgan fingerprint density at radius 2 is 2.19 bits per heavy atom. The van der Waals surface area contributed by atoms with Gasteiger partial charge in [0.1, 0.15) is 5.82 Å². The van der Waals surface area contributed by atoms with Crippen molar-refractivity contribution in [2.24, 2.45) is 5.92 Å². The molecular formula is C18H21FO2. The van der Waals surface area contributed by atoms with E-state index in [-0.39, 0.29) is 11.5 Å². The van der Waals surface area contributed by atoms with Gasteiger partial charge in [0.25, 0.3) is 0 Å². The SMILES string of the molecule is C=C(C)C#CC(OC(=O)c1cccc(F)c1)C(C)CCC. The van der Waals surface area contributed by atoms with Gasteiger partial charge in [0.2, 0.25) is 0 Å². The van der Waals surface area contributed by atoms with Gasteiger partial charge in [-0.2, -0.15) is 0 Å². The quantitative estimate of drug-likeness (QED) is 0.594. The number of benzene rings is 1. The van der Waals surface area contributed by atoms with Gasteiger partial charge in [-0.15, -0.1) is 0 Å². The van der Waals surface area contributed by atoms with E-state index in [4.69, 9.17) is 4.74 Å². The number of allylic oxidation sites excluding steroid dienone is 1. The summed E-state index contributed by atoms with van der Waals surface area (Å²) in [4.78, 5) is 12.1. The van der Waals surface area contributed by atoms with Crippen molar-refractivity contribution in [3.05, 3.63) is 47.8 Å². The predicted molar refractivity (Wildman–Crippen MR) is 82.3 cm³/mol. The number of carbonyl (C=O) groups excluding carboxylic acids is 1. The molecule has 0 N–H and O–H groups in total. The highest BCUT2D eigenvalue weighted by atomic mass is 19.1. The lowest BCUT2D eigenvalue weighted by Gasteiger charge is -2.19. The smallest absolute Gasteiger partial charge is 0.339 e. The minimum Gasteiger partial charge on any atom is -0.445 e. The van der Waals surface area contributed by atoms with E-state index in [1.807, 2.05) is 6.92 Å². The Balaban J connectivity index is 2.88. The van der Waals surface area contributed by atoms with Crippen molar-refractivity contribution in [3.63, 3.8) is 0 Å². The summed E-state index contributed by atoms with van der Waals surface area (Å²) in [7, 11) is 0. The summed E-state index contributed by atoms with van der Waals surface area (Å²) in [5.74, 6) is 4.88. The molecule has 2 nitrogen and oxygen atoms in total. The van der Waals surface area contributed by atoms with Crippen LogP contribution < -0.4 is 0 Å². The normalized spacial score (nSPS) is 12.8. The molecular weight excluding hydrogens is 267 g/mol. The fourth-order valence-electron chi connectivity index (χ4n) is 1.89. The Labute approximate surface area is 126 Å². The number of hydrogen-bond donors (Lipinski definition) is 0. The maximum atomic E-state index is 13.2. The van der Waals surface area contributed by atoms with Crippen LogP contribution in [-0.4, -0.2) is 12.1 Å². The van der Waals surface area contributed by atoms with Crippen molar-refractivity contribution < 1.29 is 13.9 Å². The number of rotatable bonds is 5. The van der Waals surface area contributed by atoms with Gasteiger partial charge in [0, 0.05) is 5.92 Å². The first-order valence-electron chi connectivity index (χ1n) is 7.07. The van der Waals surface area contributed by atoms with Gasteiger partial charge in [0.15, 0.2) is 6.10 Å². The molecule has 21 heavy (non-hydrogen) atoms. The molecule has 0 bridgehead atoms. The van der Waals surface area contributed by atoms with E-state index in [2.05, 4.69) is 25.3 Å². The van der Waals surface area contributed by atoms with Crippen LogP contribution in [0.2, 0.25) is 0 Å². The van der Waals surface area contributed by atoms with Crippen LogP contribution in [0.25, 0.3) is 0 Å². The highest BCUT2D eigenvalue weighted by Crippen LogP contribution is 2.16. The van der Waals surface area contributed by atoms with Gasteiger partial charge in [-0.05, 0) is 37.1 Å². The summed E-state index contributed by atoms with van der Waals surface area (Å²) in [5.41, 5.74) is 0.909. The zero-order valence-corrected chi connectivity index (χ0v) is 12.8. The standard InChI is InChI=1S/C18H21FO2/c1-5-7-14(4)17(11-10-13(2)3)21-18(20)15-8-6-9-16(19)12-15/h6,8-9,12,14,17H,2,5,7H2,1,3-4H3. The third-order valence-corrected chi connectivity index (χ3v) is 2.98. The Kier molecular flexibility index (Phi) is 6.68. The fraction of sp³-hybridized carbons (Fsp3) is 0.389. The number of ether oxygens (including phenoxy) is 1. The van der Waals surface area contributed by atoms with Crippen LogP contribution >= 0.6 is 0 Å². The number of hydrogen-bond acceptors (Lipinski definition) is 2. The lowest BCUT2D eigenvalue weighted by atomic mass is 9.99. The van der Waals surface area contributed by atoms with Crippen molar-refractivity contribution in [1.82, 2.24) is 0 Å². The molecule has 0 spiro atoms. The molecule has 3 heteroatoms. The van der Waals surface area contributed by atoms with Crippen LogP contribution in [-0.2, 0) is 4.74 Å². The predicted octanol–water partition coefficient (Wildman–Crippen LogP) is 4.37. The van der Waals surface area contributed by atoms with Gasteiger partial charge >= 0.3 is 5.97 Å². The molecule has 0 aliphatic rings. The molecule has 0 heterocycles. The molecule has 112 valence electrons.